The van der Waals surface area contributed by atoms with Gasteiger partial charge in [0.25, 0.3) is 0 Å². The highest BCUT2D eigenvalue weighted by molar-refractivity contribution is 7.89. The summed E-state index contributed by atoms with van der Waals surface area (Å²) < 4.78 is 112. The summed E-state index contributed by atoms with van der Waals surface area (Å²) in [6.45, 7) is 0.937. The number of hydrogen-bond acceptors (Lipinski definition) is 11. The lowest BCUT2D eigenvalue weighted by Gasteiger charge is -2.39. The van der Waals surface area contributed by atoms with Gasteiger partial charge in [-0.2, -0.15) is 9.29 Å². The molecular weight excluding hydrogens is 682 g/mol. The summed E-state index contributed by atoms with van der Waals surface area (Å²) in [4.78, 5) is 27.6. The maximum Gasteiger partial charge on any atom is 0.573 e. The van der Waals surface area contributed by atoms with Crippen molar-refractivity contribution in [2.75, 3.05) is 24.5 Å². The van der Waals surface area contributed by atoms with Gasteiger partial charge in [0.2, 0.25) is 15.9 Å². The van der Waals surface area contributed by atoms with Gasteiger partial charge in [-0.05, 0) is 48.9 Å². The number of fused-ring (bicyclic) bond motifs is 1. The van der Waals surface area contributed by atoms with E-state index in [0.717, 1.165) is 40.7 Å². The van der Waals surface area contributed by atoms with Crippen LogP contribution in [0, 0.1) is 0 Å². The molecule has 12 nitrogen and oxygen atoms in total. The number of sulfonamides is 1. The van der Waals surface area contributed by atoms with Gasteiger partial charge in [-0.15, -0.1) is 26.3 Å². The van der Waals surface area contributed by atoms with Crippen LogP contribution in [-0.4, -0.2) is 77.1 Å². The molecule has 0 radical (unpaired) electrons. The number of alkyl halides is 6. The third-order valence-corrected chi connectivity index (χ3v) is 9.69. The zero-order valence-corrected chi connectivity index (χ0v) is 25.6. The lowest BCUT2D eigenvalue weighted by molar-refractivity contribution is -0.275. The minimum Gasteiger partial charge on any atom is -0.406 e. The summed E-state index contributed by atoms with van der Waals surface area (Å²) >= 11 is 1.18. The number of piperazine rings is 1. The van der Waals surface area contributed by atoms with E-state index >= 15 is 0 Å². The Balaban J connectivity index is 1.39. The van der Waals surface area contributed by atoms with Crippen molar-refractivity contribution in [2.24, 2.45) is 0 Å². The maximum absolute atomic E-state index is 13.7. The van der Waals surface area contributed by atoms with Crippen LogP contribution in [-0.2, 0) is 21.4 Å². The van der Waals surface area contributed by atoms with Crippen molar-refractivity contribution in [1.82, 2.24) is 24.6 Å². The number of rotatable bonds is 9. The predicted molar refractivity (Wildman–Crippen MR) is 154 cm³/mol. The third-order valence-electron chi connectivity index (χ3n) is 6.72. The number of anilines is 1. The average molecular weight is 707 g/mol. The fourth-order valence-corrected chi connectivity index (χ4v) is 7.06. The van der Waals surface area contributed by atoms with Crippen molar-refractivity contribution < 1.29 is 54.1 Å². The van der Waals surface area contributed by atoms with Gasteiger partial charge >= 0.3 is 12.7 Å². The second-order valence-corrected chi connectivity index (χ2v) is 13.0. The Morgan fingerprint density at radius 3 is 2.17 bits per heavy atom. The number of benzene rings is 2. The molecule has 2 aromatic carbocycles. The average Bonchev–Trinajstić information content (AvgIpc) is 3.43. The molecule has 2 N–H and O–H groups in total. The number of hydrogen-bond donors (Lipinski definition) is 2. The lowest BCUT2D eigenvalue weighted by Crippen LogP contribution is -2.60. The topological polar surface area (TPSA) is 147 Å². The van der Waals surface area contributed by atoms with E-state index in [4.69, 9.17) is 0 Å². The van der Waals surface area contributed by atoms with Gasteiger partial charge in [-0.3, -0.25) is 4.79 Å². The Labute approximate surface area is 266 Å². The number of nitrogens with one attached hydrogen (secondary N) is 1. The third kappa shape index (κ3) is 8.37. The fourth-order valence-electron chi connectivity index (χ4n) is 4.58. The van der Waals surface area contributed by atoms with Crippen LogP contribution >= 0.6 is 11.3 Å². The number of aliphatic hydroxyl groups excluding tert-OH is 1. The summed E-state index contributed by atoms with van der Waals surface area (Å²) in [7, 11) is -4.45. The zero-order chi connectivity index (χ0) is 34.1. The molecule has 47 heavy (non-hydrogen) atoms. The van der Waals surface area contributed by atoms with Gasteiger partial charge in [0.1, 0.15) is 23.6 Å². The van der Waals surface area contributed by atoms with Gasteiger partial charge in [0, 0.05) is 26.2 Å². The molecule has 4 aromatic rings. The molecule has 20 heteroatoms. The summed E-state index contributed by atoms with van der Waals surface area (Å²) in [6.07, 6.45) is -9.35. The largest absolute Gasteiger partial charge is 0.573 e. The summed E-state index contributed by atoms with van der Waals surface area (Å²) in [6, 6.07) is 6.83. The molecule has 1 saturated heterocycles. The van der Waals surface area contributed by atoms with E-state index < -0.39 is 52.3 Å². The van der Waals surface area contributed by atoms with Crippen molar-refractivity contribution in [3.63, 3.8) is 0 Å². The van der Waals surface area contributed by atoms with Crippen LogP contribution < -0.4 is 19.7 Å². The highest BCUT2D eigenvalue weighted by Crippen LogP contribution is 2.32. The Bertz CT molecular complexity index is 1840. The first-order chi connectivity index (χ1) is 22.0. The van der Waals surface area contributed by atoms with E-state index in [1.54, 1.807) is 4.90 Å². The van der Waals surface area contributed by atoms with Crippen LogP contribution in [0.4, 0.5) is 31.5 Å². The van der Waals surface area contributed by atoms with Crippen molar-refractivity contribution in [2.45, 2.75) is 43.2 Å². The first-order valence-corrected chi connectivity index (χ1v) is 15.8. The van der Waals surface area contributed by atoms with Crippen LogP contribution in [0.3, 0.4) is 0 Å². The standard InChI is InChI=1S/C27H24F6N6O6S2/c1-15(40)22-34-13-21-23(36-22)37-25(46-21)38-10-11-39(47(42,43)19-8-6-18(7-9-19)45-27(31,32)33)20(14-38)24(41)35-12-16-2-4-17(5-3-16)44-26(28,29)30/h2-9,13,15,20,40H,10-12,14H2,1H3,(H,35,41)/t15?,20-/m1/s1. The molecule has 0 saturated carbocycles. The van der Waals surface area contributed by atoms with Crippen molar-refractivity contribution >= 4 is 42.7 Å². The molecule has 2 atom stereocenters. The Hall–Kier alpha value is -4.27. The van der Waals surface area contributed by atoms with Crippen LogP contribution in [0.1, 0.15) is 24.4 Å². The molecule has 252 valence electrons. The first-order valence-electron chi connectivity index (χ1n) is 13.5. The molecule has 3 heterocycles. The second-order valence-electron chi connectivity index (χ2n) is 10.1. The van der Waals surface area contributed by atoms with E-state index in [2.05, 4.69) is 29.7 Å². The number of ether oxygens (including phenoxy) is 2. The Kier molecular flexibility index (Phi) is 9.49. The van der Waals surface area contributed by atoms with Crippen molar-refractivity contribution in [3.05, 3.63) is 66.1 Å². The minimum atomic E-state index is -4.99. The van der Waals surface area contributed by atoms with Crippen LogP contribution in [0.15, 0.2) is 59.6 Å². The molecule has 5 rings (SSSR count). The quantitative estimate of drug-likeness (QED) is 0.244. The molecule has 1 amide bonds. The number of nitrogens with zero attached hydrogens (tertiary/aromatic N) is 5. The van der Waals surface area contributed by atoms with E-state index in [1.807, 2.05) is 0 Å². The van der Waals surface area contributed by atoms with Crippen LogP contribution in [0.25, 0.3) is 10.3 Å². The van der Waals surface area contributed by atoms with Crippen molar-refractivity contribution in [3.8, 4) is 11.5 Å². The first kappa shape index (κ1) is 34.1. The molecule has 0 aliphatic carbocycles. The smallest absolute Gasteiger partial charge is 0.406 e. The van der Waals surface area contributed by atoms with Gasteiger partial charge in [-0.25, -0.2) is 18.4 Å². The van der Waals surface area contributed by atoms with Crippen LogP contribution in [0.5, 0.6) is 11.5 Å². The molecule has 1 aliphatic rings. The number of carbonyl (C=O) groups excluding carboxylic acids is 1. The molecule has 1 unspecified atom stereocenters. The van der Waals surface area contributed by atoms with Crippen molar-refractivity contribution in [1.29, 1.82) is 0 Å². The second kappa shape index (κ2) is 13.1. The Morgan fingerprint density at radius 2 is 1.60 bits per heavy atom. The highest BCUT2D eigenvalue weighted by Gasteiger charge is 2.41. The summed E-state index contributed by atoms with van der Waals surface area (Å²) in [5.74, 6) is -1.73. The summed E-state index contributed by atoms with van der Waals surface area (Å²) in [5, 5.41) is 12.8. The minimum absolute atomic E-state index is 0.0649. The fraction of sp³-hybridized carbons (Fsp3) is 0.333. The van der Waals surface area contributed by atoms with E-state index in [9.17, 15) is 44.7 Å². The molecule has 1 aliphatic heterocycles. The Morgan fingerprint density at radius 1 is 1.00 bits per heavy atom. The number of carbonyl (C=O) groups is 1. The SMILES string of the molecule is CC(O)c1ncc2sc(N3CCN(S(=O)(=O)c4ccc(OC(F)(F)F)cc4)[C@@H](C(=O)NCc4ccc(OC(F)(F)F)cc4)C3)nc2n1. The molecule has 0 bridgehead atoms. The number of thiazole rings is 1. The van der Waals surface area contributed by atoms with Gasteiger partial charge in [0.05, 0.1) is 15.8 Å². The molecular formula is C27H24F6N6O6S2. The van der Waals surface area contributed by atoms with Crippen LogP contribution in [0.2, 0.25) is 0 Å². The van der Waals surface area contributed by atoms with Gasteiger partial charge in [0.15, 0.2) is 16.6 Å². The highest BCUT2D eigenvalue weighted by atomic mass is 32.2. The molecule has 2 aromatic heterocycles. The molecule has 1 fully saturated rings. The van der Waals surface area contributed by atoms with E-state index in [-0.39, 0.29) is 42.5 Å². The zero-order valence-electron chi connectivity index (χ0n) is 24.0. The van der Waals surface area contributed by atoms with Gasteiger partial charge < -0.3 is 24.8 Å². The number of halogens is 6. The van der Waals surface area contributed by atoms with E-state index in [1.165, 1.54) is 36.6 Å². The maximum atomic E-state index is 13.7. The number of aliphatic hydroxyl groups is 1. The normalized spacial score (nSPS) is 17.0. The van der Waals surface area contributed by atoms with Gasteiger partial charge in [-0.1, -0.05) is 23.5 Å². The molecule has 0 spiro atoms. The van der Waals surface area contributed by atoms with E-state index in [0.29, 0.717) is 15.4 Å². The number of amides is 1. The predicted octanol–water partition coefficient (Wildman–Crippen LogP) is 4.13. The monoisotopic (exact) mass is 706 g/mol. The lowest BCUT2D eigenvalue weighted by atomic mass is 10.1. The summed E-state index contributed by atoms with van der Waals surface area (Å²) in [5.41, 5.74) is 0.667. The number of aromatic nitrogens is 3.